The summed E-state index contributed by atoms with van der Waals surface area (Å²) in [5.41, 5.74) is 0.630. The molecule has 0 saturated heterocycles. The van der Waals surface area contributed by atoms with E-state index < -0.39 is 17.5 Å². The Morgan fingerprint density at radius 3 is 2.39 bits per heavy atom. The zero-order valence-corrected chi connectivity index (χ0v) is 15.2. The molecule has 1 amide bonds. The number of hydrogen-bond donors (Lipinski definition) is 2. The fraction of sp³-hybridized carbons (Fsp3) is 0.150. The average Bonchev–Trinajstić information content (AvgIpc) is 2.66. The lowest BCUT2D eigenvalue weighted by Crippen LogP contribution is -2.15. The molecule has 0 aliphatic rings. The Bertz CT molecular complexity index is 961. The van der Waals surface area contributed by atoms with Crippen molar-refractivity contribution >= 4 is 23.1 Å². The van der Waals surface area contributed by atoms with Gasteiger partial charge in [-0.3, -0.25) is 4.79 Å². The quantitative estimate of drug-likeness (QED) is 0.653. The number of hydrogen-bond acceptors (Lipinski definition) is 5. The van der Waals surface area contributed by atoms with Crippen LogP contribution in [-0.4, -0.2) is 22.0 Å². The molecule has 6 nitrogen and oxygen atoms in total. The lowest BCUT2D eigenvalue weighted by atomic mass is 10.3. The summed E-state index contributed by atoms with van der Waals surface area (Å²) in [6.07, 6.45) is 2.73. The molecule has 0 fully saturated rings. The predicted molar refractivity (Wildman–Crippen MR) is 102 cm³/mol. The topological polar surface area (TPSA) is 76.1 Å². The van der Waals surface area contributed by atoms with Crippen LogP contribution in [0.3, 0.4) is 0 Å². The van der Waals surface area contributed by atoms with Gasteiger partial charge in [0.1, 0.15) is 28.9 Å². The maximum absolute atomic E-state index is 13.6. The van der Waals surface area contributed by atoms with E-state index in [-0.39, 0.29) is 17.5 Å². The summed E-state index contributed by atoms with van der Waals surface area (Å²) in [4.78, 5) is 20.3. The van der Waals surface area contributed by atoms with Crippen LogP contribution >= 0.6 is 0 Å². The molecule has 0 unspecified atom stereocenters. The first kappa shape index (κ1) is 19.2. The van der Waals surface area contributed by atoms with Crippen molar-refractivity contribution in [3.8, 4) is 5.75 Å². The number of anilines is 3. The minimum Gasteiger partial charge on any atom is -0.491 e. The van der Waals surface area contributed by atoms with Crippen molar-refractivity contribution < 1.29 is 18.3 Å². The Hall–Kier alpha value is -3.55. The molecule has 28 heavy (non-hydrogen) atoms. The van der Waals surface area contributed by atoms with Crippen molar-refractivity contribution in [2.75, 3.05) is 10.6 Å². The summed E-state index contributed by atoms with van der Waals surface area (Å²) >= 11 is 0. The maximum Gasteiger partial charge on any atom is 0.275 e. The lowest BCUT2D eigenvalue weighted by Gasteiger charge is -2.11. The normalized spacial score (nSPS) is 10.6. The zero-order valence-electron chi connectivity index (χ0n) is 15.2. The number of carbonyl (C=O) groups excluding carboxylic acids is 1. The number of nitrogens with one attached hydrogen (secondary N) is 2. The largest absolute Gasteiger partial charge is 0.491 e. The standard InChI is InChI=1S/C20H18F2N4O2/c1-12(2)28-15-6-4-14(5-7-15)25-19-11-23-18(10-24-19)20(27)26-17-8-3-13(21)9-16(17)22/h3-12H,1-2H3,(H,24,25)(H,26,27). The van der Waals surface area contributed by atoms with Crippen molar-refractivity contribution in [3.05, 3.63) is 72.2 Å². The van der Waals surface area contributed by atoms with Crippen LogP contribution in [0.5, 0.6) is 5.75 Å². The molecule has 3 rings (SSSR count). The Morgan fingerprint density at radius 2 is 1.79 bits per heavy atom. The van der Waals surface area contributed by atoms with Crippen LogP contribution in [0.4, 0.5) is 26.0 Å². The molecule has 144 valence electrons. The first-order chi connectivity index (χ1) is 13.4. The van der Waals surface area contributed by atoms with Crippen LogP contribution in [0.25, 0.3) is 0 Å². The molecule has 0 saturated carbocycles. The van der Waals surface area contributed by atoms with Crippen molar-refractivity contribution in [1.82, 2.24) is 9.97 Å². The number of amides is 1. The van der Waals surface area contributed by atoms with E-state index in [1.54, 1.807) is 0 Å². The second-order valence-corrected chi connectivity index (χ2v) is 6.18. The van der Waals surface area contributed by atoms with Crippen LogP contribution in [0.2, 0.25) is 0 Å². The molecule has 1 heterocycles. The minimum atomic E-state index is -0.871. The predicted octanol–water partition coefficient (Wildman–Crippen LogP) is 4.54. The third-order valence-corrected chi connectivity index (χ3v) is 3.56. The van der Waals surface area contributed by atoms with Gasteiger partial charge in [-0.15, -0.1) is 0 Å². The molecule has 0 spiro atoms. The summed E-state index contributed by atoms with van der Waals surface area (Å²) in [6.45, 7) is 3.90. The van der Waals surface area contributed by atoms with Gasteiger partial charge in [-0.1, -0.05) is 0 Å². The fourth-order valence-corrected chi connectivity index (χ4v) is 2.32. The van der Waals surface area contributed by atoms with Crippen LogP contribution in [0.1, 0.15) is 24.3 Å². The van der Waals surface area contributed by atoms with Gasteiger partial charge in [0.05, 0.1) is 24.2 Å². The molecule has 2 aromatic carbocycles. The first-order valence-corrected chi connectivity index (χ1v) is 8.53. The number of aromatic nitrogens is 2. The summed E-state index contributed by atoms with van der Waals surface area (Å²) in [5, 5.41) is 5.38. The molecule has 0 radical (unpaired) electrons. The second kappa shape index (κ2) is 8.43. The van der Waals surface area contributed by atoms with Crippen molar-refractivity contribution in [2.24, 2.45) is 0 Å². The Labute approximate surface area is 160 Å². The summed E-state index contributed by atoms with van der Waals surface area (Å²) in [6, 6.07) is 10.2. The highest BCUT2D eigenvalue weighted by Gasteiger charge is 2.12. The van der Waals surface area contributed by atoms with E-state index in [2.05, 4.69) is 20.6 Å². The molecule has 0 atom stereocenters. The maximum atomic E-state index is 13.6. The van der Waals surface area contributed by atoms with Gasteiger partial charge in [0.2, 0.25) is 0 Å². The van der Waals surface area contributed by atoms with Gasteiger partial charge in [0, 0.05) is 11.8 Å². The third kappa shape index (κ3) is 5.00. The van der Waals surface area contributed by atoms with Crippen molar-refractivity contribution in [3.63, 3.8) is 0 Å². The highest BCUT2D eigenvalue weighted by molar-refractivity contribution is 6.02. The van der Waals surface area contributed by atoms with Crippen LogP contribution in [-0.2, 0) is 0 Å². The minimum absolute atomic E-state index is 0.00467. The molecule has 0 aliphatic heterocycles. The molecule has 0 aliphatic carbocycles. The molecule has 0 bridgehead atoms. The summed E-state index contributed by atoms with van der Waals surface area (Å²) in [7, 11) is 0. The lowest BCUT2D eigenvalue weighted by molar-refractivity contribution is 0.102. The zero-order chi connectivity index (χ0) is 20.1. The van der Waals surface area contributed by atoms with E-state index in [0.717, 1.165) is 23.6 Å². The molecule has 8 heteroatoms. The number of halogens is 2. The van der Waals surface area contributed by atoms with Gasteiger partial charge < -0.3 is 15.4 Å². The SMILES string of the molecule is CC(C)Oc1ccc(Nc2cnc(C(=O)Nc3ccc(F)cc3F)cn2)cc1. The smallest absolute Gasteiger partial charge is 0.275 e. The van der Waals surface area contributed by atoms with Gasteiger partial charge in [-0.05, 0) is 50.2 Å². The Balaban J connectivity index is 1.63. The Kier molecular flexibility index (Phi) is 5.78. The number of benzene rings is 2. The number of ether oxygens (including phenoxy) is 1. The highest BCUT2D eigenvalue weighted by Crippen LogP contribution is 2.20. The second-order valence-electron chi connectivity index (χ2n) is 6.18. The first-order valence-electron chi connectivity index (χ1n) is 8.53. The summed E-state index contributed by atoms with van der Waals surface area (Å²) in [5.74, 6) is -1.06. The van der Waals surface area contributed by atoms with E-state index in [9.17, 15) is 13.6 Å². The highest BCUT2D eigenvalue weighted by atomic mass is 19.1. The van der Waals surface area contributed by atoms with E-state index in [1.165, 1.54) is 12.4 Å². The van der Waals surface area contributed by atoms with Crippen LogP contribution in [0.15, 0.2) is 54.9 Å². The van der Waals surface area contributed by atoms with E-state index >= 15 is 0 Å². The van der Waals surface area contributed by atoms with Gasteiger partial charge in [0.15, 0.2) is 0 Å². The average molecular weight is 384 g/mol. The molecule has 3 aromatic rings. The van der Waals surface area contributed by atoms with Gasteiger partial charge in [0.25, 0.3) is 5.91 Å². The number of nitrogens with zero attached hydrogens (tertiary/aromatic N) is 2. The molecular formula is C20H18F2N4O2. The van der Waals surface area contributed by atoms with E-state index in [1.807, 2.05) is 38.1 Å². The van der Waals surface area contributed by atoms with Gasteiger partial charge in [-0.25, -0.2) is 18.7 Å². The van der Waals surface area contributed by atoms with Gasteiger partial charge >= 0.3 is 0 Å². The van der Waals surface area contributed by atoms with Crippen LogP contribution in [0, 0.1) is 11.6 Å². The Morgan fingerprint density at radius 1 is 1.04 bits per heavy atom. The molecular weight excluding hydrogens is 366 g/mol. The summed E-state index contributed by atoms with van der Waals surface area (Å²) < 4.78 is 32.1. The molecule has 1 aromatic heterocycles. The van der Waals surface area contributed by atoms with Gasteiger partial charge in [-0.2, -0.15) is 0 Å². The monoisotopic (exact) mass is 384 g/mol. The molecule has 2 N–H and O–H groups in total. The van der Waals surface area contributed by atoms with E-state index in [4.69, 9.17) is 4.74 Å². The van der Waals surface area contributed by atoms with E-state index in [0.29, 0.717) is 11.9 Å². The van der Waals surface area contributed by atoms with Crippen molar-refractivity contribution in [2.45, 2.75) is 20.0 Å². The number of carbonyl (C=O) groups is 1. The van der Waals surface area contributed by atoms with Crippen LogP contribution < -0.4 is 15.4 Å². The fourth-order valence-electron chi connectivity index (χ4n) is 2.32. The number of rotatable bonds is 6. The van der Waals surface area contributed by atoms with Crippen molar-refractivity contribution in [1.29, 1.82) is 0 Å². The third-order valence-electron chi connectivity index (χ3n) is 3.56.